The molecule has 11 nitrogen and oxygen atoms in total. The number of hydrogen-bond donors (Lipinski definition) is 3. The van der Waals surface area contributed by atoms with Gasteiger partial charge in [0.2, 0.25) is 11.8 Å². The van der Waals surface area contributed by atoms with Crippen LogP contribution in [-0.2, 0) is 25.5 Å². The first kappa shape index (κ1) is 21.4. The number of H-pyrrole nitrogens is 2. The highest BCUT2D eigenvalue weighted by Crippen LogP contribution is 2.16. The minimum Gasteiger partial charge on any atom is -0.483 e. The number of carboxylic acid groups (broad SMARTS) is 1. The van der Waals surface area contributed by atoms with Crippen LogP contribution in [0.5, 0.6) is 0 Å². The van der Waals surface area contributed by atoms with Gasteiger partial charge in [0.15, 0.2) is 0 Å². The predicted octanol–water partition coefficient (Wildman–Crippen LogP) is -1.60. The molecule has 1 atom stereocenters. The highest BCUT2D eigenvalue weighted by atomic mass is 16.5. The second-order valence-corrected chi connectivity index (χ2v) is 6.54. The van der Waals surface area contributed by atoms with Crippen LogP contribution >= 0.6 is 0 Å². The Balaban J connectivity index is 0.000000878. The molecule has 2 saturated heterocycles. The van der Waals surface area contributed by atoms with Crippen LogP contribution in [0, 0.1) is 5.92 Å². The summed E-state index contributed by atoms with van der Waals surface area (Å²) >= 11 is 0. The molecule has 0 spiro atoms. The summed E-state index contributed by atoms with van der Waals surface area (Å²) in [7, 11) is 0. The molecule has 0 bridgehead atoms. The van der Waals surface area contributed by atoms with Gasteiger partial charge in [0, 0.05) is 37.8 Å². The summed E-state index contributed by atoms with van der Waals surface area (Å²) in [4.78, 5) is 59.9. The zero-order valence-electron chi connectivity index (χ0n) is 15.4. The van der Waals surface area contributed by atoms with Gasteiger partial charge in [0.25, 0.3) is 17.6 Å². The fourth-order valence-electron chi connectivity index (χ4n) is 3.25. The number of amides is 2. The maximum Gasteiger partial charge on any atom is 0.290 e. The van der Waals surface area contributed by atoms with E-state index in [9.17, 15) is 19.2 Å². The molecule has 1 aromatic heterocycles. The molecule has 3 heterocycles. The lowest BCUT2D eigenvalue weighted by Crippen LogP contribution is -2.43. The van der Waals surface area contributed by atoms with Crippen molar-refractivity contribution in [2.24, 2.45) is 5.92 Å². The lowest BCUT2D eigenvalue weighted by Gasteiger charge is -2.26. The summed E-state index contributed by atoms with van der Waals surface area (Å²) in [5.41, 5.74) is -0.853. The summed E-state index contributed by atoms with van der Waals surface area (Å²) in [5.74, 6) is -0.658. The molecule has 11 heteroatoms. The maximum absolute atomic E-state index is 12.6. The largest absolute Gasteiger partial charge is 0.483 e. The van der Waals surface area contributed by atoms with Crippen molar-refractivity contribution >= 4 is 18.3 Å². The molecule has 0 saturated carbocycles. The molecule has 3 N–H and O–H groups in total. The molecule has 2 aliphatic rings. The summed E-state index contributed by atoms with van der Waals surface area (Å²) < 4.78 is 5.50. The molecule has 0 radical (unpaired) electrons. The third-order valence-electron chi connectivity index (χ3n) is 4.62. The molecular weight excluding hydrogens is 372 g/mol. The molecule has 2 amide bonds. The third kappa shape index (κ3) is 5.78. The smallest absolute Gasteiger partial charge is 0.290 e. The van der Waals surface area contributed by atoms with E-state index in [2.05, 4.69) is 10.2 Å². The number of aromatic amines is 2. The van der Waals surface area contributed by atoms with Gasteiger partial charge in [-0.1, -0.05) is 0 Å². The molecular formula is C17H24N4O7. The topological polar surface area (TPSA) is 153 Å². The average Bonchev–Trinajstić information content (AvgIpc) is 3.09. The van der Waals surface area contributed by atoms with Crippen molar-refractivity contribution < 1.29 is 24.2 Å². The Morgan fingerprint density at radius 2 is 1.86 bits per heavy atom. The van der Waals surface area contributed by atoms with E-state index < -0.39 is 11.1 Å². The first-order chi connectivity index (χ1) is 13.5. The van der Waals surface area contributed by atoms with Gasteiger partial charge in [0.05, 0.1) is 25.6 Å². The fraction of sp³-hybridized carbons (Fsp3) is 0.588. The SMILES string of the molecule is O=C(Cc1cc(=O)[nH][nH]c1=O)N1CCOCC(C(=O)N2CCCC2)C1.O=CO. The molecule has 154 valence electrons. The Hall–Kier alpha value is -2.95. The van der Waals surface area contributed by atoms with E-state index in [1.54, 1.807) is 4.90 Å². The molecule has 2 fully saturated rings. The predicted molar refractivity (Wildman–Crippen MR) is 96.8 cm³/mol. The van der Waals surface area contributed by atoms with E-state index in [-0.39, 0.29) is 42.7 Å². The highest BCUT2D eigenvalue weighted by Gasteiger charge is 2.31. The lowest BCUT2D eigenvalue weighted by atomic mass is 10.1. The van der Waals surface area contributed by atoms with Crippen molar-refractivity contribution in [1.29, 1.82) is 0 Å². The van der Waals surface area contributed by atoms with Crippen LogP contribution in [0.15, 0.2) is 15.7 Å². The number of aromatic nitrogens is 2. The van der Waals surface area contributed by atoms with Crippen LogP contribution in [0.2, 0.25) is 0 Å². The molecule has 3 rings (SSSR count). The lowest BCUT2D eigenvalue weighted by molar-refractivity contribution is -0.137. The van der Waals surface area contributed by atoms with E-state index in [0.717, 1.165) is 32.0 Å². The van der Waals surface area contributed by atoms with Crippen molar-refractivity contribution in [3.63, 3.8) is 0 Å². The van der Waals surface area contributed by atoms with Crippen molar-refractivity contribution in [2.75, 3.05) is 39.4 Å². The Morgan fingerprint density at radius 3 is 2.54 bits per heavy atom. The van der Waals surface area contributed by atoms with Gasteiger partial charge in [-0.05, 0) is 12.8 Å². The van der Waals surface area contributed by atoms with Crippen LogP contribution in [0.25, 0.3) is 0 Å². The third-order valence-corrected chi connectivity index (χ3v) is 4.62. The first-order valence-electron chi connectivity index (χ1n) is 8.99. The van der Waals surface area contributed by atoms with Crippen LogP contribution in [0.1, 0.15) is 18.4 Å². The zero-order chi connectivity index (χ0) is 20.5. The average molecular weight is 396 g/mol. The molecule has 0 aromatic carbocycles. The summed E-state index contributed by atoms with van der Waals surface area (Å²) in [5, 5.41) is 11.3. The minimum atomic E-state index is -0.497. The number of rotatable bonds is 3. The van der Waals surface area contributed by atoms with E-state index >= 15 is 0 Å². The second-order valence-electron chi connectivity index (χ2n) is 6.54. The number of nitrogens with zero attached hydrogens (tertiary/aromatic N) is 2. The van der Waals surface area contributed by atoms with Gasteiger partial charge in [-0.25, -0.2) is 0 Å². The highest BCUT2D eigenvalue weighted by molar-refractivity contribution is 5.82. The van der Waals surface area contributed by atoms with Gasteiger partial charge in [-0.3, -0.25) is 34.2 Å². The van der Waals surface area contributed by atoms with Crippen molar-refractivity contribution in [2.45, 2.75) is 19.3 Å². The van der Waals surface area contributed by atoms with Crippen LogP contribution < -0.4 is 11.1 Å². The van der Waals surface area contributed by atoms with E-state index in [0.29, 0.717) is 19.8 Å². The van der Waals surface area contributed by atoms with Gasteiger partial charge in [-0.2, -0.15) is 0 Å². The van der Waals surface area contributed by atoms with E-state index in [1.165, 1.54) is 0 Å². The van der Waals surface area contributed by atoms with Gasteiger partial charge < -0.3 is 19.6 Å². The fourth-order valence-corrected chi connectivity index (χ4v) is 3.25. The number of hydrogen-bond acceptors (Lipinski definition) is 6. The van der Waals surface area contributed by atoms with Gasteiger partial charge >= 0.3 is 0 Å². The number of nitrogens with one attached hydrogen (secondary N) is 2. The second kappa shape index (κ2) is 10.4. The summed E-state index contributed by atoms with van der Waals surface area (Å²) in [6, 6.07) is 1.12. The van der Waals surface area contributed by atoms with Crippen molar-refractivity contribution in [3.05, 3.63) is 32.3 Å². The normalized spacial score (nSPS) is 19.4. The molecule has 0 aliphatic carbocycles. The molecule has 1 aromatic rings. The molecule has 1 unspecified atom stereocenters. The van der Waals surface area contributed by atoms with Crippen LogP contribution in [-0.4, -0.2) is 82.8 Å². The molecule has 2 aliphatic heterocycles. The number of carbonyl (C=O) groups excluding carboxylic acids is 2. The number of ether oxygens (including phenoxy) is 1. The van der Waals surface area contributed by atoms with Crippen LogP contribution in [0.3, 0.4) is 0 Å². The Bertz CT molecular complexity index is 797. The standard InChI is InChI=1S/C16H22N4O5.CH2O2/c21-13-7-11(15(23)18-17-13)8-14(22)20-5-6-25-10-12(9-20)16(24)19-3-1-2-4-19;2-1-3/h7,12H,1-6,8-10H2,(H,17,21)(H,18,23);1H,(H,2,3). The Morgan fingerprint density at radius 1 is 1.18 bits per heavy atom. The monoisotopic (exact) mass is 396 g/mol. The Labute approximate surface area is 160 Å². The Kier molecular flexibility index (Phi) is 7.93. The van der Waals surface area contributed by atoms with E-state index in [1.807, 2.05) is 4.90 Å². The first-order valence-corrected chi connectivity index (χ1v) is 8.99. The summed E-state index contributed by atoms with van der Waals surface area (Å²) in [6.07, 6.45) is 1.84. The maximum atomic E-state index is 12.6. The van der Waals surface area contributed by atoms with Gasteiger partial charge in [-0.15, -0.1) is 0 Å². The number of likely N-dealkylation sites (tertiary alicyclic amines) is 1. The van der Waals surface area contributed by atoms with Gasteiger partial charge in [0.1, 0.15) is 0 Å². The quantitative estimate of drug-likeness (QED) is 0.520. The van der Waals surface area contributed by atoms with E-state index in [4.69, 9.17) is 14.6 Å². The van der Waals surface area contributed by atoms with Crippen molar-refractivity contribution in [1.82, 2.24) is 20.0 Å². The zero-order valence-corrected chi connectivity index (χ0v) is 15.4. The number of carbonyl (C=O) groups is 3. The molecule has 28 heavy (non-hydrogen) atoms. The minimum absolute atomic E-state index is 0.0196. The van der Waals surface area contributed by atoms with Crippen molar-refractivity contribution in [3.8, 4) is 0 Å². The summed E-state index contributed by atoms with van der Waals surface area (Å²) in [6.45, 7) is 2.54. The van der Waals surface area contributed by atoms with Crippen LogP contribution in [0.4, 0.5) is 0 Å².